The highest BCUT2D eigenvalue weighted by Gasteiger charge is 2.23. The Hall–Kier alpha value is -3.48. The lowest BCUT2D eigenvalue weighted by Crippen LogP contribution is -2.32. The normalized spacial score (nSPS) is 14.4. The number of hydrogen-bond donors (Lipinski definition) is 1. The number of para-hydroxylation sites is 1. The quantitative estimate of drug-likeness (QED) is 0.575. The SMILES string of the molecule is O=C(NCc1cccnc1)c1nc(N2CCCCC2)c2oc3ccccc3c2n1. The van der Waals surface area contributed by atoms with E-state index in [0.717, 1.165) is 42.5 Å². The third-order valence-electron chi connectivity index (χ3n) is 5.24. The van der Waals surface area contributed by atoms with Gasteiger partial charge in [0.05, 0.1) is 0 Å². The lowest BCUT2D eigenvalue weighted by Gasteiger charge is -2.27. The van der Waals surface area contributed by atoms with Gasteiger partial charge >= 0.3 is 0 Å². The second-order valence-electron chi connectivity index (χ2n) is 7.24. The second kappa shape index (κ2) is 7.50. The van der Waals surface area contributed by atoms with Gasteiger partial charge in [0.2, 0.25) is 5.82 Å². The molecule has 146 valence electrons. The number of pyridine rings is 1. The van der Waals surface area contributed by atoms with Crippen molar-refractivity contribution >= 4 is 33.8 Å². The van der Waals surface area contributed by atoms with Gasteiger partial charge in [-0.25, -0.2) is 9.97 Å². The number of rotatable bonds is 4. The zero-order valence-corrected chi connectivity index (χ0v) is 16.0. The summed E-state index contributed by atoms with van der Waals surface area (Å²) in [7, 11) is 0. The molecule has 29 heavy (non-hydrogen) atoms. The Morgan fingerprint density at radius 2 is 1.93 bits per heavy atom. The van der Waals surface area contributed by atoms with E-state index in [2.05, 4.69) is 25.2 Å². The van der Waals surface area contributed by atoms with Crippen molar-refractivity contribution in [3.63, 3.8) is 0 Å². The molecule has 1 aromatic carbocycles. The van der Waals surface area contributed by atoms with Gasteiger partial charge in [0, 0.05) is 37.4 Å². The number of carbonyl (C=O) groups excluding carboxylic acids is 1. The standard InChI is InChI=1S/C22H21N5O2/c28-22(24-14-15-7-6-10-23-13-15)20-25-18-16-8-2-3-9-17(16)29-19(18)21(26-20)27-11-4-1-5-12-27/h2-3,6-10,13H,1,4-5,11-12,14H2,(H,24,28). The average Bonchev–Trinajstić information content (AvgIpc) is 3.17. The van der Waals surface area contributed by atoms with Crippen molar-refractivity contribution in [3.8, 4) is 0 Å². The first-order valence-corrected chi connectivity index (χ1v) is 9.91. The summed E-state index contributed by atoms with van der Waals surface area (Å²) in [6.45, 7) is 2.18. The zero-order valence-electron chi connectivity index (χ0n) is 16.0. The van der Waals surface area contributed by atoms with Crippen LogP contribution in [0.15, 0.2) is 53.2 Å². The molecular weight excluding hydrogens is 366 g/mol. The maximum Gasteiger partial charge on any atom is 0.289 e. The van der Waals surface area contributed by atoms with Gasteiger partial charge in [-0.3, -0.25) is 9.78 Å². The van der Waals surface area contributed by atoms with E-state index in [4.69, 9.17) is 4.42 Å². The van der Waals surface area contributed by atoms with Gasteiger partial charge in [0.15, 0.2) is 11.4 Å². The Morgan fingerprint density at radius 1 is 1.07 bits per heavy atom. The third kappa shape index (κ3) is 3.40. The summed E-state index contributed by atoms with van der Waals surface area (Å²) in [6, 6.07) is 11.5. The van der Waals surface area contributed by atoms with Gasteiger partial charge in [0.25, 0.3) is 5.91 Å². The van der Waals surface area contributed by atoms with Crippen molar-refractivity contribution in [2.45, 2.75) is 25.8 Å². The molecule has 5 rings (SSSR count). The molecule has 0 radical (unpaired) electrons. The summed E-state index contributed by atoms with van der Waals surface area (Å²) in [5, 5.41) is 3.79. The maximum absolute atomic E-state index is 12.8. The molecule has 1 aliphatic rings. The van der Waals surface area contributed by atoms with E-state index in [1.165, 1.54) is 6.42 Å². The number of nitrogens with one attached hydrogen (secondary N) is 1. The average molecular weight is 387 g/mol. The molecule has 0 aliphatic carbocycles. The summed E-state index contributed by atoms with van der Waals surface area (Å²) < 4.78 is 6.09. The Labute approximate surface area is 167 Å². The number of hydrogen-bond acceptors (Lipinski definition) is 6. The highest BCUT2D eigenvalue weighted by molar-refractivity contribution is 6.07. The Bertz CT molecular complexity index is 1170. The molecule has 0 atom stereocenters. The monoisotopic (exact) mass is 387 g/mol. The van der Waals surface area contributed by atoms with Gasteiger partial charge in [-0.05, 0) is 43.0 Å². The highest BCUT2D eigenvalue weighted by Crippen LogP contribution is 2.33. The van der Waals surface area contributed by atoms with Crippen molar-refractivity contribution in [1.29, 1.82) is 0 Å². The minimum Gasteiger partial charge on any atom is -0.450 e. The Kier molecular flexibility index (Phi) is 4.56. The van der Waals surface area contributed by atoms with Gasteiger partial charge in [-0.1, -0.05) is 18.2 Å². The number of nitrogens with zero attached hydrogens (tertiary/aromatic N) is 4. The second-order valence-corrected chi connectivity index (χ2v) is 7.24. The number of furan rings is 1. The fourth-order valence-corrected chi connectivity index (χ4v) is 3.76. The molecule has 1 fully saturated rings. The predicted molar refractivity (Wildman–Crippen MR) is 111 cm³/mol. The van der Waals surface area contributed by atoms with Crippen LogP contribution in [0.1, 0.15) is 35.4 Å². The van der Waals surface area contributed by atoms with Crippen LogP contribution in [0.5, 0.6) is 0 Å². The maximum atomic E-state index is 12.8. The number of anilines is 1. The predicted octanol–water partition coefficient (Wildman–Crippen LogP) is 3.69. The number of amides is 1. The van der Waals surface area contributed by atoms with E-state index in [9.17, 15) is 4.79 Å². The lowest BCUT2D eigenvalue weighted by atomic mass is 10.1. The number of fused-ring (bicyclic) bond motifs is 3. The first-order chi connectivity index (χ1) is 14.3. The van der Waals surface area contributed by atoms with Crippen LogP contribution in [-0.2, 0) is 6.54 Å². The number of aromatic nitrogens is 3. The van der Waals surface area contributed by atoms with Crippen molar-refractivity contribution < 1.29 is 9.21 Å². The molecule has 1 N–H and O–H groups in total. The van der Waals surface area contributed by atoms with Gasteiger partial charge < -0.3 is 14.6 Å². The van der Waals surface area contributed by atoms with E-state index in [1.54, 1.807) is 12.4 Å². The van der Waals surface area contributed by atoms with Gasteiger partial charge in [-0.15, -0.1) is 0 Å². The lowest BCUT2D eigenvalue weighted by molar-refractivity contribution is 0.0941. The molecule has 1 amide bonds. The Balaban J connectivity index is 1.55. The molecule has 0 bridgehead atoms. The molecule has 1 saturated heterocycles. The van der Waals surface area contributed by atoms with Crippen LogP contribution >= 0.6 is 0 Å². The van der Waals surface area contributed by atoms with Gasteiger partial charge in [0.1, 0.15) is 11.1 Å². The first-order valence-electron chi connectivity index (χ1n) is 9.91. The van der Waals surface area contributed by atoms with Gasteiger partial charge in [-0.2, -0.15) is 0 Å². The summed E-state index contributed by atoms with van der Waals surface area (Å²) >= 11 is 0. The molecule has 3 aromatic heterocycles. The summed E-state index contributed by atoms with van der Waals surface area (Å²) in [4.78, 5) is 28.3. The topological polar surface area (TPSA) is 84.2 Å². The molecule has 7 heteroatoms. The molecule has 0 spiro atoms. The molecule has 0 saturated carbocycles. The molecule has 1 aliphatic heterocycles. The first kappa shape index (κ1) is 17.6. The highest BCUT2D eigenvalue weighted by atomic mass is 16.3. The fourth-order valence-electron chi connectivity index (χ4n) is 3.76. The fraction of sp³-hybridized carbons (Fsp3) is 0.273. The molecule has 7 nitrogen and oxygen atoms in total. The van der Waals surface area contributed by atoms with Crippen LogP contribution < -0.4 is 10.2 Å². The van der Waals surface area contributed by atoms with Crippen molar-refractivity contribution in [3.05, 3.63) is 60.2 Å². The third-order valence-corrected chi connectivity index (χ3v) is 5.24. The largest absolute Gasteiger partial charge is 0.450 e. The zero-order chi connectivity index (χ0) is 19.6. The van der Waals surface area contributed by atoms with Crippen LogP contribution in [-0.4, -0.2) is 33.9 Å². The van der Waals surface area contributed by atoms with Crippen LogP contribution in [0.2, 0.25) is 0 Å². The minimum absolute atomic E-state index is 0.161. The molecule has 4 aromatic rings. The summed E-state index contributed by atoms with van der Waals surface area (Å²) in [5.41, 5.74) is 3.01. The number of carbonyl (C=O) groups is 1. The molecular formula is C22H21N5O2. The Morgan fingerprint density at radius 3 is 2.76 bits per heavy atom. The minimum atomic E-state index is -0.306. The smallest absolute Gasteiger partial charge is 0.289 e. The van der Waals surface area contributed by atoms with E-state index in [1.807, 2.05) is 36.4 Å². The van der Waals surface area contributed by atoms with E-state index in [-0.39, 0.29) is 11.7 Å². The van der Waals surface area contributed by atoms with Crippen LogP contribution in [0.25, 0.3) is 22.1 Å². The molecule has 0 unspecified atom stereocenters. The number of benzene rings is 1. The van der Waals surface area contributed by atoms with E-state index in [0.29, 0.717) is 23.5 Å². The van der Waals surface area contributed by atoms with Crippen LogP contribution in [0.4, 0.5) is 5.82 Å². The number of piperidine rings is 1. The van der Waals surface area contributed by atoms with Crippen molar-refractivity contribution in [1.82, 2.24) is 20.3 Å². The van der Waals surface area contributed by atoms with Crippen molar-refractivity contribution in [2.24, 2.45) is 0 Å². The van der Waals surface area contributed by atoms with E-state index < -0.39 is 0 Å². The van der Waals surface area contributed by atoms with E-state index >= 15 is 0 Å². The molecule has 4 heterocycles. The summed E-state index contributed by atoms with van der Waals surface area (Å²) in [5.74, 6) is 0.560. The van der Waals surface area contributed by atoms with Crippen molar-refractivity contribution in [2.75, 3.05) is 18.0 Å². The summed E-state index contributed by atoms with van der Waals surface area (Å²) in [6.07, 6.45) is 6.86. The van der Waals surface area contributed by atoms with Crippen LogP contribution in [0, 0.1) is 0 Å². The van der Waals surface area contributed by atoms with Crippen LogP contribution in [0.3, 0.4) is 0 Å².